The van der Waals surface area contributed by atoms with Gasteiger partial charge in [0.1, 0.15) is 0 Å². The van der Waals surface area contributed by atoms with Gasteiger partial charge in [0.15, 0.2) is 0 Å². The van der Waals surface area contributed by atoms with Gasteiger partial charge in [-0.1, -0.05) is 0 Å². The molecule has 52 valence electrons. The lowest BCUT2D eigenvalue weighted by molar-refractivity contribution is -0.123. The van der Waals surface area contributed by atoms with E-state index < -0.39 is 5.54 Å². The minimum Gasteiger partial charge on any atom is -0.368 e. The topological polar surface area (TPSA) is 69.1 Å². The number of hydrogen-bond acceptors (Lipinski definition) is 2. The summed E-state index contributed by atoms with van der Waals surface area (Å²) in [5.41, 5.74) is 9.89. The van der Waals surface area contributed by atoms with Gasteiger partial charge in [0.25, 0.3) is 0 Å². The number of carbonyl (C=O) groups excluding carboxylic acids is 1. The maximum atomic E-state index is 10.6. The molecule has 1 fully saturated rings. The van der Waals surface area contributed by atoms with Crippen LogP contribution < -0.4 is 11.5 Å². The standard InChI is InChI=1S/C6H12N2O/c1-6(8,5(7)9)4-2-3-4/h4H,2-3,8H2,1H3,(H2,7,9)/t6-/m1/s1. The lowest BCUT2D eigenvalue weighted by Crippen LogP contribution is -2.51. The zero-order valence-corrected chi connectivity index (χ0v) is 5.55. The summed E-state index contributed by atoms with van der Waals surface area (Å²) < 4.78 is 0. The molecule has 0 aromatic heterocycles. The third-order valence-electron chi connectivity index (χ3n) is 1.96. The second-order valence-corrected chi connectivity index (χ2v) is 2.92. The number of amides is 1. The van der Waals surface area contributed by atoms with E-state index in [9.17, 15) is 4.79 Å². The molecule has 0 radical (unpaired) electrons. The monoisotopic (exact) mass is 128 g/mol. The van der Waals surface area contributed by atoms with Crippen LogP contribution in [0.3, 0.4) is 0 Å². The number of hydrogen-bond donors (Lipinski definition) is 2. The number of rotatable bonds is 2. The van der Waals surface area contributed by atoms with Crippen molar-refractivity contribution in [2.24, 2.45) is 17.4 Å². The quantitative estimate of drug-likeness (QED) is 0.531. The Morgan fingerprint density at radius 1 is 1.67 bits per heavy atom. The predicted octanol–water partition coefficient (Wildman–Crippen LogP) is -0.401. The van der Waals surface area contributed by atoms with E-state index >= 15 is 0 Å². The molecule has 3 nitrogen and oxygen atoms in total. The maximum absolute atomic E-state index is 10.6. The summed E-state index contributed by atoms with van der Waals surface area (Å²) >= 11 is 0. The zero-order chi connectivity index (χ0) is 7.07. The van der Waals surface area contributed by atoms with Crippen LogP contribution in [0.4, 0.5) is 0 Å². The van der Waals surface area contributed by atoms with Crippen molar-refractivity contribution in [3.05, 3.63) is 0 Å². The minimum atomic E-state index is -0.750. The van der Waals surface area contributed by atoms with Crippen LogP contribution in [0.5, 0.6) is 0 Å². The Balaban J connectivity index is 2.59. The average Bonchev–Trinajstić information content (AvgIpc) is 2.42. The summed E-state index contributed by atoms with van der Waals surface area (Å²) in [6.45, 7) is 1.70. The van der Waals surface area contributed by atoms with Crippen molar-refractivity contribution in [3.8, 4) is 0 Å². The molecular formula is C6H12N2O. The molecule has 0 heterocycles. The van der Waals surface area contributed by atoms with Gasteiger partial charge in [-0.2, -0.15) is 0 Å². The number of nitrogens with two attached hydrogens (primary N) is 2. The maximum Gasteiger partial charge on any atom is 0.237 e. The summed E-state index contributed by atoms with van der Waals surface area (Å²) in [5, 5.41) is 0. The van der Waals surface area contributed by atoms with E-state index in [-0.39, 0.29) is 5.91 Å². The van der Waals surface area contributed by atoms with Crippen molar-refractivity contribution in [2.75, 3.05) is 0 Å². The molecule has 4 N–H and O–H groups in total. The zero-order valence-electron chi connectivity index (χ0n) is 5.55. The third-order valence-corrected chi connectivity index (χ3v) is 1.96. The van der Waals surface area contributed by atoms with E-state index in [4.69, 9.17) is 11.5 Å². The summed E-state index contributed by atoms with van der Waals surface area (Å²) in [5.74, 6) is -0.0417. The Labute approximate surface area is 54.4 Å². The molecule has 0 aliphatic heterocycles. The van der Waals surface area contributed by atoms with E-state index in [0.717, 1.165) is 12.8 Å². The first kappa shape index (κ1) is 6.55. The summed E-state index contributed by atoms with van der Waals surface area (Å²) in [6.07, 6.45) is 2.10. The van der Waals surface area contributed by atoms with Gasteiger partial charge in [-0.25, -0.2) is 0 Å². The predicted molar refractivity (Wildman–Crippen MR) is 34.5 cm³/mol. The smallest absolute Gasteiger partial charge is 0.237 e. The molecule has 0 aromatic rings. The van der Waals surface area contributed by atoms with Crippen LogP contribution >= 0.6 is 0 Å². The molecule has 0 bridgehead atoms. The third kappa shape index (κ3) is 1.05. The highest BCUT2D eigenvalue weighted by Crippen LogP contribution is 2.37. The number of carbonyl (C=O) groups is 1. The molecule has 0 saturated heterocycles. The molecule has 9 heavy (non-hydrogen) atoms. The second-order valence-electron chi connectivity index (χ2n) is 2.92. The first-order chi connectivity index (χ1) is 4.05. The SMILES string of the molecule is C[C@](N)(C(N)=O)C1CC1. The molecule has 0 unspecified atom stereocenters. The average molecular weight is 128 g/mol. The van der Waals surface area contributed by atoms with Crippen LogP contribution in [0.1, 0.15) is 19.8 Å². The van der Waals surface area contributed by atoms with Gasteiger partial charge in [0, 0.05) is 0 Å². The summed E-state index contributed by atoms with van der Waals surface area (Å²) in [7, 11) is 0. The Morgan fingerprint density at radius 3 is 2.22 bits per heavy atom. The van der Waals surface area contributed by atoms with Crippen molar-refractivity contribution in [1.29, 1.82) is 0 Å². The van der Waals surface area contributed by atoms with Crippen molar-refractivity contribution in [2.45, 2.75) is 25.3 Å². The fourth-order valence-electron chi connectivity index (χ4n) is 0.884. The molecule has 1 amide bonds. The van der Waals surface area contributed by atoms with Gasteiger partial charge < -0.3 is 11.5 Å². The largest absolute Gasteiger partial charge is 0.368 e. The molecule has 1 saturated carbocycles. The summed E-state index contributed by atoms with van der Waals surface area (Å²) in [4.78, 5) is 10.6. The lowest BCUT2D eigenvalue weighted by Gasteiger charge is -2.18. The van der Waals surface area contributed by atoms with E-state index in [1.807, 2.05) is 0 Å². The number of primary amides is 1. The first-order valence-corrected chi connectivity index (χ1v) is 3.14. The molecule has 3 heteroatoms. The van der Waals surface area contributed by atoms with Gasteiger partial charge in [-0.3, -0.25) is 4.79 Å². The van der Waals surface area contributed by atoms with E-state index in [1.54, 1.807) is 6.92 Å². The highest BCUT2D eigenvalue weighted by molar-refractivity contribution is 5.84. The van der Waals surface area contributed by atoms with E-state index in [2.05, 4.69) is 0 Å². The molecule has 1 aliphatic carbocycles. The summed E-state index contributed by atoms with van der Waals surface area (Å²) in [6, 6.07) is 0. The van der Waals surface area contributed by atoms with Gasteiger partial charge in [-0.15, -0.1) is 0 Å². The van der Waals surface area contributed by atoms with E-state index in [0.29, 0.717) is 5.92 Å². The second kappa shape index (κ2) is 1.70. The molecular weight excluding hydrogens is 116 g/mol. The molecule has 0 spiro atoms. The van der Waals surface area contributed by atoms with Crippen LogP contribution in [-0.2, 0) is 4.79 Å². The highest BCUT2D eigenvalue weighted by Gasteiger charge is 2.42. The van der Waals surface area contributed by atoms with Crippen molar-refractivity contribution >= 4 is 5.91 Å². The Morgan fingerprint density at radius 2 is 2.11 bits per heavy atom. The lowest BCUT2D eigenvalue weighted by atomic mass is 9.97. The molecule has 1 rings (SSSR count). The van der Waals surface area contributed by atoms with Crippen LogP contribution in [0.15, 0.2) is 0 Å². The van der Waals surface area contributed by atoms with Crippen LogP contribution in [0.25, 0.3) is 0 Å². The van der Waals surface area contributed by atoms with Crippen molar-refractivity contribution in [3.63, 3.8) is 0 Å². The first-order valence-electron chi connectivity index (χ1n) is 3.14. The normalized spacial score (nSPS) is 25.1. The van der Waals surface area contributed by atoms with Crippen molar-refractivity contribution in [1.82, 2.24) is 0 Å². The molecule has 1 aliphatic rings. The molecule has 0 aromatic carbocycles. The Kier molecular flexibility index (Phi) is 1.24. The van der Waals surface area contributed by atoms with Crippen LogP contribution in [0.2, 0.25) is 0 Å². The highest BCUT2D eigenvalue weighted by atomic mass is 16.1. The van der Waals surface area contributed by atoms with Crippen molar-refractivity contribution < 1.29 is 4.79 Å². The minimum absolute atomic E-state index is 0.343. The van der Waals surface area contributed by atoms with E-state index in [1.165, 1.54) is 0 Å². The Hall–Kier alpha value is -0.570. The fraction of sp³-hybridized carbons (Fsp3) is 0.833. The van der Waals surface area contributed by atoms with Crippen LogP contribution in [0, 0.1) is 5.92 Å². The van der Waals surface area contributed by atoms with Gasteiger partial charge in [-0.05, 0) is 25.7 Å². The van der Waals surface area contributed by atoms with Gasteiger partial charge >= 0.3 is 0 Å². The van der Waals surface area contributed by atoms with Gasteiger partial charge in [0.2, 0.25) is 5.91 Å². The van der Waals surface area contributed by atoms with Crippen LogP contribution in [-0.4, -0.2) is 11.4 Å². The molecule has 1 atom stereocenters. The Bertz CT molecular complexity index is 138. The fourth-order valence-corrected chi connectivity index (χ4v) is 0.884. The van der Waals surface area contributed by atoms with Gasteiger partial charge in [0.05, 0.1) is 5.54 Å².